The van der Waals surface area contributed by atoms with Gasteiger partial charge in [-0.25, -0.2) is 4.98 Å². The molecular weight excluding hydrogens is 370 g/mol. The molecule has 2 aromatic heterocycles. The van der Waals surface area contributed by atoms with Gasteiger partial charge in [-0.15, -0.1) is 0 Å². The maximum atomic E-state index is 11.1. The summed E-state index contributed by atoms with van der Waals surface area (Å²) in [7, 11) is 0. The number of hydrogen-bond donors (Lipinski definition) is 1. The molecule has 30 heavy (non-hydrogen) atoms. The van der Waals surface area contributed by atoms with Crippen molar-refractivity contribution in [1.82, 2.24) is 14.5 Å². The largest absolute Gasteiger partial charge is 0.507 e. The van der Waals surface area contributed by atoms with E-state index in [4.69, 9.17) is 4.98 Å². The Morgan fingerprint density at radius 1 is 0.833 bits per heavy atom. The third-order valence-electron chi connectivity index (χ3n) is 5.45. The van der Waals surface area contributed by atoms with Gasteiger partial charge in [-0.1, -0.05) is 53.7 Å². The Hall–Kier alpha value is -3.14. The zero-order chi connectivity index (χ0) is 21.7. The number of aromatic hydroxyl groups is 1. The average molecular weight is 400 g/mol. The van der Waals surface area contributed by atoms with Crippen LogP contribution < -0.4 is 0 Å². The number of phenols is 1. The second-order valence-corrected chi connectivity index (χ2v) is 9.89. The second-order valence-electron chi connectivity index (χ2n) is 9.89. The molecule has 0 spiro atoms. The molecule has 0 saturated heterocycles. The van der Waals surface area contributed by atoms with Crippen molar-refractivity contribution in [2.75, 3.05) is 0 Å². The first kappa shape index (κ1) is 20.1. The SMILES string of the molecule is CC(C)(C)c1cc(-n2c(-c3cccnc3)nc3ccccc32)cc(C(C)(C)C)c1O. The van der Waals surface area contributed by atoms with Crippen LogP contribution >= 0.6 is 0 Å². The van der Waals surface area contributed by atoms with Crippen LogP contribution in [0.15, 0.2) is 60.9 Å². The number of rotatable bonds is 2. The predicted molar refractivity (Wildman–Crippen MR) is 123 cm³/mol. The first-order valence-corrected chi connectivity index (χ1v) is 10.3. The van der Waals surface area contributed by atoms with Gasteiger partial charge in [0, 0.05) is 34.8 Å². The molecule has 2 heterocycles. The van der Waals surface area contributed by atoms with Crippen LogP contribution in [0.25, 0.3) is 28.1 Å². The number of imidazole rings is 1. The standard InChI is InChI=1S/C26H29N3O/c1-25(2,3)19-14-18(15-20(23(19)30)26(4,5)6)29-22-12-8-7-11-21(22)28-24(29)17-10-9-13-27-16-17/h7-16,30H,1-6H3. The van der Waals surface area contributed by atoms with E-state index in [-0.39, 0.29) is 10.8 Å². The van der Waals surface area contributed by atoms with Crippen LogP contribution in [0.5, 0.6) is 5.75 Å². The van der Waals surface area contributed by atoms with E-state index in [0.717, 1.165) is 39.2 Å². The van der Waals surface area contributed by atoms with Crippen LogP contribution in [-0.2, 0) is 10.8 Å². The summed E-state index contributed by atoms with van der Waals surface area (Å²) in [6.45, 7) is 12.8. The number of benzene rings is 2. The molecule has 0 aliphatic heterocycles. The Morgan fingerprint density at radius 2 is 1.47 bits per heavy atom. The van der Waals surface area contributed by atoms with Gasteiger partial charge in [0.15, 0.2) is 0 Å². The lowest BCUT2D eigenvalue weighted by Crippen LogP contribution is -2.18. The van der Waals surface area contributed by atoms with Gasteiger partial charge < -0.3 is 5.11 Å². The van der Waals surface area contributed by atoms with Gasteiger partial charge in [0.25, 0.3) is 0 Å². The molecule has 4 heteroatoms. The Labute approximate surface area is 178 Å². The van der Waals surface area contributed by atoms with Crippen molar-refractivity contribution in [3.8, 4) is 22.8 Å². The van der Waals surface area contributed by atoms with Crippen molar-refractivity contribution in [3.05, 3.63) is 72.1 Å². The van der Waals surface area contributed by atoms with Crippen LogP contribution in [-0.4, -0.2) is 19.6 Å². The summed E-state index contributed by atoms with van der Waals surface area (Å²) in [5.74, 6) is 1.22. The number of aromatic nitrogens is 3. The van der Waals surface area contributed by atoms with Gasteiger partial charge in [0.2, 0.25) is 0 Å². The number of phenolic OH excluding ortho intramolecular Hbond substituents is 1. The van der Waals surface area contributed by atoms with Gasteiger partial charge in [0.1, 0.15) is 11.6 Å². The topological polar surface area (TPSA) is 50.9 Å². The highest BCUT2D eigenvalue weighted by Gasteiger charge is 2.28. The summed E-state index contributed by atoms with van der Waals surface area (Å²) in [6, 6.07) is 16.3. The molecular formula is C26H29N3O. The molecule has 4 aromatic rings. The number of pyridine rings is 1. The monoisotopic (exact) mass is 399 g/mol. The fourth-order valence-electron chi connectivity index (χ4n) is 3.87. The van der Waals surface area contributed by atoms with E-state index in [1.807, 2.05) is 36.5 Å². The van der Waals surface area contributed by atoms with Crippen molar-refractivity contribution >= 4 is 11.0 Å². The van der Waals surface area contributed by atoms with Crippen molar-refractivity contribution in [2.45, 2.75) is 52.4 Å². The molecule has 0 atom stereocenters. The quantitative estimate of drug-likeness (QED) is 0.425. The van der Waals surface area contributed by atoms with E-state index >= 15 is 0 Å². The van der Waals surface area contributed by atoms with Gasteiger partial charge in [0.05, 0.1) is 11.0 Å². The highest BCUT2D eigenvalue weighted by molar-refractivity contribution is 5.83. The van der Waals surface area contributed by atoms with E-state index in [1.54, 1.807) is 6.20 Å². The molecule has 0 aliphatic carbocycles. The number of fused-ring (bicyclic) bond motifs is 1. The molecule has 0 aliphatic rings. The minimum Gasteiger partial charge on any atom is -0.507 e. The van der Waals surface area contributed by atoms with Gasteiger partial charge >= 0.3 is 0 Å². The normalized spacial score (nSPS) is 12.5. The van der Waals surface area contributed by atoms with E-state index in [2.05, 4.69) is 69.3 Å². The van der Waals surface area contributed by atoms with Crippen molar-refractivity contribution in [2.24, 2.45) is 0 Å². The third-order valence-corrected chi connectivity index (χ3v) is 5.45. The maximum absolute atomic E-state index is 11.1. The van der Waals surface area contributed by atoms with Crippen molar-refractivity contribution in [1.29, 1.82) is 0 Å². The minimum atomic E-state index is -0.203. The molecule has 0 unspecified atom stereocenters. The summed E-state index contributed by atoms with van der Waals surface area (Å²) >= 11 is 0. The van der Waals surface area contributed by atoms with E-state index in [0.29, 0.717) is 5.75 Å². The molecule has 0 saturated carbocycles. The highest BCUT2D eigenvalue weighted by atomic mass is 16.3. The van der Waals surface area contributed by atoms with Gasteiger partial charge in [-0.05, 0) is 47.2 Å². The second kappa shape index (κ2) is 6.98. The molecule has 4 rings (SSSR count). The highest BCUT2D eigenvalue weighted by Crippen LogP contribution is 2.41. The molecule has 0 amide bonds. The van der Waals surface area contributed by atoms with E-state index in [9.17, 15) is 5.11 Å². The van der Waals surface area contributed by atoms with Crippen LogP contribution in [0, 0.1) is 0 Å². The fourth-order valence-corrected chi connectivity index (χ4v) is 3.87. The lowest BCUT2D eigenvalue weighted by Gasteiger charge is -2.28. The fraction of sp³-hybridized carbons (Fsp3) is 0.308. The van der Waals surface area contributed by atoms with Crippen molar-refractivity contribution < 1.29 is 5.11 Å². The zero-order valence-corrected chi connectivity index (χ0v) is 18.6. The summed E-state index contributed by atoms with van der Waals surface area (Å²) in [4.78, 5) is 9.23. The summed E-state index contributed by atoms with van der Waals surface area (Å²) in [6.07, 6.45) is 3.61. The van der Waals surface area contributed by atoms with Gasteiger partial charge in [-0.2, -0.15) is 0 Å². The number of hydrogen-bond acceptors (Lipinski definition) is 3. The lowest BCUT2D eigenvalue weighted by molar-refractivity contribution is 0.423. The van der Waals surface area contributed by atoms with Crippen LogP contribution in [0.4, 0.5) is 0 Å². The molecule has 1 N–H and O–H groups in total. The number of nitrogens with zero attached hydrogens (tertiary/aromatic N) is 3. The first-order chi connectivity index (χ1) is 14.1. The van der Waals surface area contributed by atoms with E-state index in [1.165, 1.54) is 0 Å². The van der Waals surface area contributed by atoms with E-state index < -0.39 is 0 Å². The first-order valence-electron chi connectivity index (χ1n) is 10.3. The Balaban J connectivity index is 2.11. The minimum absolute atomic E-state index is 0.203. The summed E-state index contributed by atoms with van der Waals surface area (Å²) in [5, 5.41) is 11.1. The van der Waals surface area contributed by atoms with Crippen molar-refractivity contribution in [3.63, 3.8) is 0 Å². The molecule has 0 bridgehead atoms. The average Bonchev–Trinajstić information content (AvgIpc) is 3.07. The molecule has 4 nitrogen and oxygen atoms in total. The van der Waals surface area contributed by atoms with Crippen LogP contribution in [0.2, 0.25) is 0 Å². The summed E-state index contributed by atoms with van der Waals surface area (Å²) in [5.41, 5.74) is 5.36. The number of para-hydroxylation sites is 2. The molecule has 2 aromatic carbocycles. The van der Waals surface area contributed by atoms with Crippen LogP contribution in [0.1, 0.15) is 52.7 Å². The predicted octanol–water partition coefficient (Wildman–Crippen LogP) is 6.39. The Morgan fingerprint density at radius 3 is 2.03 bits per heavy atom. The molecule has 0 radical (unpaired) electrons. The Bertz CT molecular complexity index is 1170. The molecule has 154 valence electrons. The Kier molecular flexibility index (Phi) is 4.69. The maximum Gasteiger partial charge on any atom is 0.147 e. The summed E-state index contributed by atoms with van der Waals surface area (Å²) < 4.78 is 2.18. The lowest BCUT2D eigenvalue weighted by atomic mass is 9.79. The van der Waals surface area contributed by atoms with Crippen LogP contribution in [0.3, 0.4) is 0 Å². The molecule has 0 fully saturated rings. The van der Waals surface area contributed by atoms with Gasteiger partial charge in [-0.3, -0.25) is 9.55 Å². The smallest absolute Gasteiger partial charge is 0.147 e. The third kappa shape index (κ3) is 3.47. The zero-order valence-electron chi connectivity index (χ0n) is 18.6.